The third-order valence-corrected chi connectivity index (χ3v) is 4.67. The third kappa shape index (κ3) is 2.65. The zero-order valence-corrected chi connectivity index (χ0v) is 13.0. The summed E-state index contributed by atoms with van der Waals surface area (Å²) in [4.78, 5) is 25.9. The van der Waals surface area contributed by atoms with E-state index >= 15 is 0 Å². The zero-order chi connectivity index (χ0) is 15.5. The number of para-hydroxylation sites is 1. The Kier molecular flexibility index (Phi) is 4.27. The number of benzene rings is 1. The van der Waals surface area contributed by atoms with Crippen molar-refractivity contribution >= 4 is 23.1 Å². The summed E-state index contributed by atoms with van der Waals surface area (Å²) in [5, 5.41) is 0.913. The van der Waals surface area contributed by atoms with Crippen LogP contribution < -0.4 is 0 Å². The van der Waals surface area contributed by atoms with Crippen molar-refractivity contribution in [2.45, 2.75) is 45.2 Å². The number of hydrogen-bond acceptors (Lipinski definition) is 2. The predicted octanol–water partition coefficient (Wildman–Crippen LogP) is 3.24. The van der Waals surface area contributed by atoms with Crippen LogP contribution in [0, 0.1) is 0 Å². The van der Waals surface area contributed by atoms with Crippen LogP contribution in [0.15, 0.2) is 30.5 Å². The van der Waals surface area contributed by atoms with E-state index < -0.39 is 0 Å². The summed E-state index contributed by atoms with van der Waals surface area (Å²) in [5.74, 6) is 0.157. The molecule has 3 rings (SSSR count). The van der Waals surface area contributed by atoms with Crippen molar-refractivity contribution in [1.29, 1.82) is 0 Å². The fraction of sp³-hybridized carbons (Fsp3) is 0.444. The number of rotatable bonds is 4. The first-order valence-electron chi connectivity index (χ1n) is 8.07. The molecule has 0 saturated carbocycles. The summed E-state index contributed by atoms with van der Waals surface area (Å²) in [6, 6.07) is 8.11. The van der Waals surface area contributed by atoms with E-state index in [1.165, 1.54) is 6.42 Å². The van der Waals surface area contributed by atoms with Crippen LogP contribution in [-0.4, -0.2) is 34.2 Å². The molecule has 0 spiro atoms. The minimum absolute atomic E-state index is 0.157. The lowest BCUT2D eigenvalue weighted by atomic mass is 10.00. The highest BCUT2D eigenvalue weighted by Crippen LogP contribution is 2.23. The van der Waals surface area contributed by atoms with Crippen molar-refractivity contribution < 1.29 is 9.59 Å². The second kappa shape index (κ2) is 6.34. The van der Waals surface area contributed by atoms with Gasteiger partial charge in [-0.05, 0) is 31.7 Å². The van der Waals surface area contributed by atoms with Gasteiger partial charge in [0.25, 0.3) is 0 Å². The average Bonchev–Trinajstić information content (AvgIpc) is 2.93. The lowest BCUT2D eigenvalue weighted by Crippen LogP contribution is -2.44. The van der Waals surface area contributed by atoms with Crippen LogP contribution in [0.5, 0.6) is 0 Å². The number of carbonyl (C=O) groups is 2. The van der Waals surface area contributed by atoms with Gasteiger partial charge in [-0.1, -0.05) is 25.1 Å². The molecule has 1 fully saturated rings. The van der Waals surface area contributed by atoms with Gasteiger partial charge in [-0.2, -0.15) is 0 Å². The fourth-order valence-electron chi connectivity index (χ4n) is 3.49. The van der Waals surface area contributed by atoms with Gasteiger partial charge in [-0.15, -0.1) is 0 Å². The van der Waals surface area contributed by atoms with Crippen molar-refractivity contribution in [3.05, 3.63) is 36.0 Å². The van der Waals surface area contributed by atoms with Crippen LogP contribution in [0.2, 0.25) is 0 Å². The van der Waals surface area contributed by atoms with Crippen LogP contribution in [0.3, 0.4) is 0 Å². The van der Waals surface area contributed by atoms with E-state index in [1.54, 1.807) is 6.20 Å². The summed E-state index contributed by atoms with van der Waals surface area (Å²) in [6.45, 7) is 3.31. The molecule has 0 unspecified atom stereocenters. The Balaban J connectivity index is 1.86. The monoisotopic (exact) mass is 298 g/mol. The Bertz CT molecular complexity index is 689. The van der Waals surface area contributed by atoms with Crippen molar-refractivity contribution in [3.63, 3.8) is 0 Å². The second-order valence-electron chi connectivity index (χ2n) is 5.99. The van der Waals surface area contributed by atoms with E-state index in [-0.39, 0.29) is 5.91 Å². The highest BCUT2D eigenvalue weighted by Gasteiger charge is 2.25. The molecule has 4 heteroatoms. The molecule has 2 aromatic rings. The number of likely N-dealkylation sites (tertiary alicyclic amines) is 1. The Morgan fingerprint density at radius 3 is 2.91 bits per heavy atom. The molecule has 0 radical (unpaired) electrons. The number of nitrogens with zero attached hydrogens (tertiary/aromatic N) is 2. The quantitative estimate of drug-likeness (QED) is 0.813. The molecule has 1 saturated heterocycles. The maximum absolute atomic E-state index is 12.7. The number of amides is 1. The Morgan fingerprint density at radius 2 is 2.14 bits per heavy atom. The highest BCUT2D eigenvalue weighted by atomic mass is 16.2. The van der Waals surface area contributed by atoms with E-state index in [0.29, 0.717) is 18.2 Å². The molecular formula is C18H22N2O2. The normalized spacial score (nSPS) is 18.6. The summed E-state index contributed by atoms with van der Waals surface area (Å²) < 4.78 is 1.91. The number of piperidine rings is 1. The molecular weight excluding hydrogens is 276 g/mol. The molecule has 1 aliphatic rings. The van der Waals surface area contributed by atoms with Gasteiger partial charge in [0.05, 0.1) is 0 Å². The van der Waals surface area contributed by atoms with Gasteiger partial charge in [-0.3, -0.25) is 9.59 Å². The largest absolute Gasteiger partial charge is 0.338 e. The molecule has 1 atom stereocenters. The number of hydrogen-bond donors (Lipinski definition) is 0. The van der Waals surface area contributed by atoms with Crippen LogP contribution in [0.1, 0.15) is 43.0 Å². The van der Waals surface area contributed by atoms with E-state index in [4.69, 9.17) is 0 Å². The van der Waals surface area contributed by atoms with E-state index in [2.05, 4.69) is 6.92 Å². The summed E-state index contributed by atoms with van der Waals surface area (Å²) in [6.07, 6.45) is 7.07. The number of aldehydes is 1. The van der Waals surface area contributed by atoms with Crippen molar-refractivity contribution in [2.24, 2.45) is 0 Å². The topological polar surface area (TPSA) is 42.3 Å². The van der Waals surface area contributed by atoms with E-state index in [1.807, 2.05) is 33.7 Å². The SMILES string of the molecule is CC[C@H]1CCCCN1C(=O)Cn1cc(C=O)c2ccccc21. The molecule has 1 amide bonds. The molecule has 22 heavy (non-hydrogen) atoms. The Hall–Kier alpha value is -2.10. The average molecular weight is 298 g/mol. The molecule has 1 aromatic heterocycles. The van der Waals surface area contributed by atoms with E-state index in [0.717, 1.165) is 43.0 Å². The van der Waals surface area contributed by atoms with Gasteiger partial charge in [0, 0.05) is 35.2 Å². The molecule has 1 aromatic carbocycles. The highest BCUT2D eigenvalue weighted by molar-refractivity contribution is 5.98. The second-order valence-corrected chi connectivity index (χ2v) is 5.99. The first-order valence-corrected chi connectivity index (χ1v) is 8.07. The Labute approximate surface area is 130 Å². The smallest absolute Gasteiger partial charge is 0.242 e. The van der Waals surface area contributed by atoms with E-state index in [9.17, 15) is 9.59 Å². The predicted molar refractivity (Wildman–Crippen MR) is 87.0 cm³/mol. The van der Waals surface area contributed by atoms with Gasteiger partial charge >= 0.3 is 0 Å². The number of carbonyl (C=O) groups excluding carboxylic acids is 2. The lowest BCUT2D eigenvalue weighted by molar-refractivity contribution is -0.135. The standard InChI is InChI=1S/C18H22N2O2/c1-2-15-7-5-6-10-20(15)18(22)12-19-11-14(13-21)16-8-3-4-9-17(16)19/h3-4,8-9,11,13,15H,2,5-7,10,12H2,1H3/t15-/m0/s1. The third-order valence-electron chi connectivity index (χ3n) is 4.67. The maximum atomic E-state index is 12.7. The zero-order valence-electron chi connectivity index (χ0n) is 13.0. The van der Waals surface area contributed by atoms with Crippen molar-refractivity contribution in [2.75, 3.05) is 6.54 Å². The van der Waals surface area contributed by atoms with Gasteiger partial charge in [-0.25, -0.2) is 0 Å². The molecule has 0 bridgehead atoms. The van der Waals surface area contributed by atoms with Gasteiger partial charge in [0.1, 0.15) is 6.54 Å². The van der Waals surface area contributed by atoms with Gasteiger partial charge in [0.15, 0.2) is 6.29 Å². The van der Waals surface area contributed by atoms with Crippen LogP contribution in [-0.2, 0) is 11.3 Å². The van der Waals surface area contributed by atoms with Crippen molar-refractivity contribution in [3.8, 4) is 0 Å². The van der Waals surface area contributed by atoms with Gasteiger partial charge < -0.3 is 9.47 Å². The minimum atomic E-state index is 0.157. The summed E-state index contributed by atoms with van der Waals surface area (Å²) >= 11 is 0. The summed E-state index contributed by atoms with van der Waals surface area (Å²) in [7, 11) is 0. The summed E-state index contributed by atoms with van der Waals surface area (Å²) in [5.41, 5.74) is 1.59. The lowest BCUT2D eigenvalue weighted by Gasteiger charge is -2.35. The number of fused-ring (bicyclic) bond motifs is 1. The fourth-order valence-corrected chi connectivity index (χ4v) is 3.49. The molecule has 2 heterocycles. The van der Waals surface area contributed by atoms with Crippen LogP contribution >= 0.6 is 0 Å². The number of aromatic nitrogens is 1. The van der Waals surface area contributed by atoms with Crippen molar-refractivity contribution in [1.82, 2.24) is 9.47 Å². The molecule has 4 nitrogen and oxygen atoms in total. The molecule has 0 N–H and O–H groups in total. The maximum Gasteiger partial charge on any atom is 0.242 e. The molecule has 0 aliphatic carbocycles. The minimum Gasteiger partial charge on any atom is -0.338 e. The van der Waals surface area contributed by atoms with Crippen LogP contribution in [0.4, 0.5) is 0 Å². The molecule has 116 valence electrons. The Morgan fingerprint density at radius 1 is 1.32 bits per heavy atom. The molecule has 1 aliphatic heterocycles. The first kappa shape index (κ1) is 14.8. The van der Waals surface area contributed by atoms with Crippen LogP contribution in [0.25, 0.3) is 10.9 Å². The first-order chi connectivity index (χ1) is 10.7. The van der Waals surface area contributed by atoms with Gasteiger partial charge in [0.2, 0.25) is 5.91 Å².